The lowest BCUT2D eigenvalue weighted by atomic mass is 9.96. The van der Waals surface area contributed by atoms with Gasteiger partial charge in [0.2, 0.25) is 0 Å². The molecule has 23 heavy (non-hydrogen) atoms. The number of pyridine rings is 1. The van der Waals surface area contributed by atoms with Crippen molar-refractivity contribution in [2.45, 2.75) is 26.3 Å². The minimum absolute atomic E-state index is 0.0599. The van der Waals surface area contributed by atoms with Crippen molar-refractivity contribution in [3.8, 4) is 0 Å². The van der Waals surface area contributed by atoms with Crippen LogP contribution >= 0.6 is 0 Å². The molecule has 2 N–H and O–H groups in total. The number of H-pyrrole nitrogens is 1. The summed E-state index contributed by atoms with van der Waals surface area (Å²) in [6.07, 6.45) is 4.52. The quantitative estimate of drug-likeness (QED) is 0.807. The molecule has 0 saturated heterocycles. The third-order valence-corrected chi connectivity index (χ3v) is 4.61. The van der Waals surface area contributed by atoms with Gasteiger partial charge in [-0.05, 0) is 18.9 Å². The van der Waals surface area contributed by atoms with Gasteiger partial charge >= 0.3 is 0 Å². The Labute approximate surface area is 133 Å². The molecule has 7 nitrogen and oxygen atoms in total. The first-order valence-electron chi connectivity index (χ1n) is 7.72. The van der Waals surface area contributed by atoms with Crippen LogP contribution < -0.4 is 5.32 Å². The lowest BCUT2D eigenvalue weighted by Crippen LogP contribution is -2.38. The SMILES string of the molecule is Cc1[nH]nc2c1CN(C(=O)c1cncc3c1CCNC3=O)CC2. The maximum atomic E-state index is 12.9. The summed E-state index contributed by atoms with van der Waals surface area (Å²) in [5.41, 5.74) is 5.01. The molecule has 118 valence electrons. The minimum atomic E-state index is -0.153. The van der Waals surface area contributed by atoms with Crippen molar-refractivity contribution < 1.29 is 9.59 Å². The molecule has 2 amide bonds. The molecule has 2 aliphatic rings. The zero-order valence-electron chi connectivity index (χ0n) is 12.8. The van der Waals surface area contributed by atoms with Crippen LogP contribution in [0.1, 0.15) is 43.2 Å². The number of aryl methyl sites for hydroxylation is 1. The molecule has 0 bridgehead atoms. The zero-order chi connectivity index (χ0) is 16.0. The van der Waals surface area contributed by atoms with Gasteiger partial charge in [0.15, 0.2) is 0 Å². The number of rotatable bonds is 1. The Balaban J connectivity index is 1.67. The Kier molecular flexibility index (Phi) is 3.14. The van der Waals surface area contributed by atoms with Crippen LogP contribution in [-0.4, -0.2) is 45.0 Å². The second-order valence-electron chi connectivity index (χ2n) is 5.97. The van der Waals surface area contributed by atoms with Gasteiger partial charge in [-0.1, -0.05) is 0 Å². The second-order valence-corrected chi connectivity index (χ2v) is 5.97. The number of carbonyl (C=O) groups excluding carboxylic acids is 2. The molecular formula is C16H17N5O2. The number of aromatic amines is 1. The number of carbonyl (C=O) groups is 2. The van der Waals surface area contributed by atoms with E-state index in [9.17, 15) is 9.59 Å². The first-order valence-corrected chi connectivity index (χ1v) is 7.72. The topological polar surface area (TPSA) is 91.0 Å². The Morgan fingerprint density at radius 1 is 1.26 bits per heavy atom. The molecule has 2 aliphatic heterocycles. The van der Waals surface area contributed by atoms with Crippen LogP contribution in [0, 0.1) is 6.92 Å². The van der Waals surface area contributed by atoms with Gasteiger partial charge in [-0.2, -0.15) is 5.10 Å². The number of fused-ring (bicyclic) bond motifs is 2. The summed E-state index contributed by atoms with van der Waals surface area (Å²) in [5.74, 6) is -0.213. The molecule has 0 saturated carbocycles. The summed E-state index contributed by atoms with van der Waals surface area (Å²) in [5, 5.41) is 10.0. The molecule has 0 fully saturated rings. The highest BCUT2D eigenvalue weighted by Gasteiger charge is 2.29. The van der Waals surface area contributed by atoms with Crippen LogP contribution in [0.2, 0.25) is 0 Å². The molecular weight excluding hydrogens is 294 g/mol. The molecule has 0 radical (unpaired) electrons. The van der Waals surface area contributed by atoms with Gasteiger partial charge in [-0.25, -0.2) is 0 Å². The summed E-state index contributed by atoms with van der Waals surface area (Å²) < 4.78 is 0. The Bertz CT molecular complexity index is 811. The fraction of sp³-hybridized carbons (Fsp3) is 0.375. The molecule has 4 rings (SSSR count). The third-order valence-electron chi connectivity index (χ3n) is 4.61. The molecule has 7 heteroatoms. The van der Waals surface area contributed by atoms with Crippen LogP contribution in [-0.2, 0) is 19.4 Å². The number of aromatic nitrogens is 3. The minimum Gasteiger partial charge on any atom is -0.352 e. The van der Waals surface area contributed by atoms with E-state index in [4.69, 9.17) is 0 Å². The number of hydrogen-bond acceptors (Lipinski definition) is 4. The van der Waals surface area contributed by atoms with Gasteiger partial charge < -0.3 is 10.2 Å². The highest BCUT2D eigenvalue weighted by atomic mass is 16.2. The Morgan fingerprint density at radius 3 is 3.00 bits per heavy atom. The average Bonchev–Trinajstić information content (AvgIpc) is 2.95. The molecule has 0 spiro atoms. The normalized spacial score (nSPS) is 16.6. The molecule has 4 heterocycles. The van der Waals surface area contributed by atoms with E-state index in [0.29, 0.717) is 37.2 Å². The van der Waals surface area contributed by atoms with Crippen molar-refractivity contribution in [2.24, 2.45) is 0 Å². The van der Waals surface area contributed by atoms with Crippen LogP contribution in [0.4, 0.5) is 0 Å². The first-order chi connectivity index (χ1) is 11.1. The summed E-state index contributed by atoms with van der Waals surface area (Å²) in [4.78, 5) is 30.8. The lowest BCUT2D eigenvalue weighted by Gasteiger charge is -2.28. The molecule has 2 aromatic rings. The van der Waals surface area contributed by atoms with Crippen molar-refractivity contribution in [1.82, 2.24) is 25.4 Å². The van der Waals surface area contributed by atoms with E-state index in [2.05, 4.69) is 20.5 Å². The van der Waals surface area contributed by atoms with Crippen molar-refractivity contribution in [3.63, 3.8) is 0 Å². The maximum Gasteiger partial charge on any atom is 0.256 e. The van der Waals surface area contributed by atoms with Crippen LogP contribution in [0.15, 0.2) is 12.4 Å². The molecule has 2 aromatic heterocycles. The number of nitrogens with one attached hydrogen (secondary N) is 2. The standard InChI is InChI=1S/C16H17N5O2/c1-9-13-8-21(5-3-14(13)20-19-9)16(23)12-7-17-6-11-10(12)2-4-18-15(11)22/h6-7H,2-5,8H2,1H3,(H,18,22)(H,19,20). The van der Waals surface area contributed by atoms with Gasteiger partial charge in [-0.15, -0.1) is 0 Å². The molecule has 0 unspecified atom stereocenters. The molecule has 0 aliphatic carbocycles. The fourth-order valence-electron chi connectivity index (χ4n) is 3.31. The number of amides is 2. The first kappa shape index (κ1) is 13.9. The van der Waals surface area contributed by atoms with Crippen molar-refractivity contribution >= 4 is 11.8 Å². The molecule has 0 aromatic carbocycles. The lowest BCUT2D eigenvalue weighted by molar-refractivity contribution is 0.0732. The van der Waals surface area contributed by atoms with Gasteiger partial charge in [0.1, 0.15) is 0 Å². The average molecular weight is 311 g/mol. The van der Waals surface area contributed by atoms with E-state index in [1.807, 2.05) is 11.8 Å². The van der Waals surface area contributed by atoms with Crippen LogP contribution in [0.3, 0.4) is 0 Å². The van der Waals surface area contributed by atoms with E-state index >= 15 is 0 Å². The van der Waals surface area contributed by atoms with Crippen molar-refractivity contribution in [2.75, 3.05) is 13.1 Å². The van der Waals surface area contributed by atoms with E-state index in [1.165, 1.54) is 6.20 Å². The highest BCUT2D eigenvalue weighted by Crippen LogP contribution is 2.24. The summed E-state index contributed by atoms with van der Waals surface area (Å²) >= 11 is 0. The van der Waals surface area contributed by atoms with Crippen LogP contribution in [0.5, 0.6) is 0 Å². The van der Waals surface area contributed by atoms with E-state index in [0.717, 1.165) is 28.9 Å². The Hall–Kier alpha value is -2.70. The monoisotopic (exact) mass is 311 g/mol. The second kappa shape index (κ2) is 5.19. The van der Waals surface area contributed by atoms with Gasteiger partial charge in [0.25, 0.3) is 11.8 Å². The van der Waals surface area contributed by atoms with Gasteiger partial charge in [-0.3, -0.25) is 19.7 Å². The summed E-state index contributed by atoms with van der Waals surface area (Å²) in [7, 11) is 0. The third kappa shape index (κ3) is 2.19. The predicted molar refractivity (Wildman–Crippen MR) is 82.0 cm³/mol. The van der Waals surface area contributed by atoms with Crippen molar-refractivity contribution in [3.05, 3.63) is 46.0 Å². The van der Waals surface area contributed by atoms with Gasteiger partial charge in [0, 0.05) is 49.7 Å². The summed E-state index contributed by atoms with van der Waals surface area (Å²) in [6, 6.07) is 0. The smallest absolute Gasteiger partial charge is 0.256 e. The number of nitrogens with zero attached hydrogens (tertiary/aromatic N) is 3. The Morgan fingerprint density at radius 2 is 2.13 bits per heavy atom. The van der Waals surface area contributed by atoms with Crippen molar-refractivity contribution in [1.29, 1.82) is 0 Å². The largest absolute Gasteiger partial charge is 0.352 e. The summed E-state index contributed by atoms with van der Waals surface area (Å²) in [6.45, 7) is 3.70. The maximum absolute atomic E-state index is 12.9. The van der Waals surface area contributed by atoms with Gasteiger partial charge in [0.05, 0.1) is 16.8 Å². The van der Waals surface area contributed by atoms with E-state index < -0.39 is 0 Å². The zero-order valence-corrected chi connectivity index (χ0v) is 12.8. The van der Waals surface area contributed by atoms with E-state index in [-0.39, 0.29) is 11.8 Å². The number of hydrogen-bond donors (Lipinski definition) is 2. The van der Waals surface area contributed by atoms with E-state index in [1.54, 1.807) is 6.20 Å². The highest BCUT2D eigenvalue weighted by molar-refractivity contribution is 6.02. The fourth-order valence-corrected chi connectivity index (χ4v) is 3.31. The molecule has 0 atom stereocenters. The van der Waals surface area contributed by atoms with Crippen LogP contribution in [0.25, 0.3) is 0 Å². The predicted octanol–water partition coefficient (Wildman–Crippen LogP) is 0.598.